The minimum Gasteiger partial charge on any atom is -0.508 e. The number of rotatable bonds is 6. The molecule has 3 aliphatic carbocycles. The molecule has 0 bridgehead atoms. The van der Waals surface area contributed by atoms with Crippen molar-refractivity contribution in [2.24, 2.45) is 29.1 Å². The van der Waals surface area contributed by atoms with Crippen LogP contribution in [-0.2, 0) is 17.6 Å². The van der Waals surface area contributed by atoms with Gasteiger partial charge in [0, 0.05) is 11.8 Å². The maximum absolute atomic E-state index is 13.2. The van der Waals surface area contributed by atoms with Gasteiger partial charge in [0.15, 0.2) is 0 Å². The van der Waals surface area contributed by atoms with E-state index in [-0.39, 0.29) is 5.41 Å². The third kappa shape index (κ3) is 4.20. The Kier molecular flexibility index (Phi) is 6.01. The van der Waals surface area contributed by atoms with Crippen LogP contribution in [0.15, 0.2) is 42.5 Å². The van der Waals surface area contributed by atoms with Crippen molar-refractivity contribution in [2.45, 2.75) is 71.6 Å². The molecule has 176 valence electrons. The Morgan fingerprint density at radius 1 is 1.12 bits per heavy atom. The Balaban J connectivity index is 1.31. The number of aryl methyl sites for hydroxylation is 2. The second kappa shape index (κ2) is 8.81. The molecule has 0 unspecified atom stereocenters. The molecule has 0 heterocycles. The summed E-state index contributed by atoms with van der Waals surface area (Å²) in [7, 11) is 0. The first kappa shape index (κ1) is 22.5. The molecule has 0 saturated heterocycles. The van der Waals surface area contributed by atoms with Crippen LogP contribution in [0.5, 0.6) is 11.5 Å². The number of ether oxygens (including phenoxy) is 1. The topological polar surface area (TPSA) is 46.5 Å². The molecule has 0 aromatic heterocycles. The minimum absolute atomic E-state index is 0.144. The molecular formula is C30H38O3. The van der Waals surface area contributed by atoms with Crippen LogP contribution in [0.3, 0.4) is 0 Å². The van der Waals surface area contributed by atoms with Gasteiger partial charge in [-0.05, 0) is 109 Å². The summed E-state index contributed by atoms with van der Waals surface area (Å²) in [6, 6.07) is 14.5. The molecule has 0 radical (unpaired) electrons. The molecular weight excluding hydrogens is 408 g/mol. The average molecular weight is 447 g/mol. The second-order valence-electron chi connectivity index (χ2n) is 11.4. The van der Waals surface area contributed by atoms with Crippen LogP contribution >= 0.6 is 0 Å². The minimum atomic E-state index is -0.144. The van der Waals surface area contributed by atoms with Crippen molar-refractivity contribution in [3.05, 3.63) is 59.2 Å². The maximum atomic E-state index is 13.2. The lowest BCUT2D eigenvalue weighted by Crippen LogP contribution is -2.44. The monoisotopic (exact) mass is 446 g/mol. The summed E-state index contributed by atoms with van der Waals surface area (Å²) < 4.78 is 5.83. The van der Waals surface area contributed by atoms with Crippen LogP contribution in [0.4, 0.5) is 0 Å². The lowest BCUT2D eigenvalue weighted by Gasteiger charge is -2.50. The van der Waals surface area contributed by atoms with E-state index in [1.54, 1.807) is 0 Å². The van der Waals surface area contributed by atoms with Crippen molar-refractivity contribution in [2.75, 3.05) is 6.61 Å². The molecule has 33 heavy (non-hydrogen) atoms. The lowest BCUT2D eigenvalue weighted by molar-refractivity contribution is -0.129. The average Bonchev–Trinajstić information content (AvgIpc) is 3.06. The fourth-order valence-corrected chi connectivity index (χ4v) is 7.26. The number of carbonyl (C=O) groups is 1. The number of phenols is 1. The Bertz CT molecular complexity index is 1010. The fourth-order valence-electron chi connectivity index (χ4n) is 7.26. The quantitative estimate of drug-likeness (QED) is 0.536. The summed E-state index contributed by atoms with van der Waals surface area (Å²) in [5, 5.41) is 9.95. The highest BCUT2D eigenvalue weighted by atomic mass is 16.5. The molecule has 2 aromatic rings. The number of hydrogen-bond acceptors (Lipinski definition) is 3. The smallest absolute Gasteiger partial charge is 0.139 e. The van der Waals surface area contributed by atoms with Gasteiger partial charge in [-0.2, -0.15) is 0 Å². The Hall–Kier alpha value is -2.29. The zero-order valence-corrected chi connectivity index (χ0v) is 20.3. The third-order valence-corrected chi connectivity index (χ3v) is 8.86. The van der Waals surface area contributed by atoms with Gasteiger partial charge >= 0.3 is 0 Å². The largest absolute Gasteiger partial charge is 0.508 e. The van der Waals surface area contributed by atoms with Gasteiger partial charge in [0.1, 0.15) is 17.3 Å². The van der Waals surface area contributed by atoms with Gasteiger partial charge in [0.05, 0.1) is 6.61 Å². The van der Waals surface area contributed by atoms with Crippen LogP contribution in [0.1, 0.15) is 75.5 Å². The molecule has 1 N–H and O–H groups in total. The molecule has 3 nitrogen and oxygen atoms in total. The second-order valence-corrected chi connectivity index (χ2v) is 11.4. The van der Waals surface area contributed by atoms with E-state index < -0.39 is 0 Å². The first-order chi connectivity index (χ1) is 15.8. The van der Waals surface area contributed by atoms with Gasteiger partial charge in [0.25, 0.3) is 0 Å². The number of Topliss-reactive ketones (excluding diaryl/α,β-unsaturated/α-hetero) is 1. The van der Waals surface area contributed by atoms with E-state index in [1.165, 1.54) is 16.7 Å². The van der Waals surface area contributed by atoms with Crippen molar-refractivity contribution in [3.63, 3.8) is 0 Å². The van der Waals surface area contributed by atoms with Crippen LogP contribution in [-0.4, -0.2) is 17.5 Å². The molecule has 5 rings (SSSR count). The first-order valence-electron chi connectivity index (χ1n) is 12.9. The number of ketones is 1. The number of hydrogen-bond donors (Lipinski definition) is 1. The third-order valence-electron chi connectivity index (χ3n) is 8.86. The molecule has 3 aliphatic rings. The predicted octanol–water partition coefficient (Wildman–Crippen LogP) is 6.71. The van der Waals surface area contributed by atoms with E-state index >= 15 is 0 Å². The molecule has 0 aliphatic heterocycles. The molecule has 0 spiro atoms. The van der Waals surface area contributed by atoms with Gasteiger partial charge in [-0.1, -0.05) is 39.0 Å². The van der Waals surface area contributed by atoms with E-state index in [2.05, 4.69) is 51.1 Å². The SMILES string of the molecule is CC(C)COc1ccc(CC[C@@H]2CC(=O)[C@@]3(C)CC[C@@H]4c5ccc(O)cc5CC[C@H]4[C@H]23)cc1. The standard InChI is InChI=1S/C30H38O3/c1-19(2)18-33-24-10-5-20(6-11-24)4-7-22-17-28(32)30(3)15-14-26-25-13-9-23(31)16-21(25)8-12-27(26)29(22)30/h5-6,9-11,13,16,19,22,26-27,29,31H,4,7-8,12,14-15,17-18H2,1-3H3/t22-,26-,27-,29+,30-/m1/s1. The summed E-state index contributed by atoms with van der Waals surface area (Å²) in [6.07, 6.45) is 7.15. The molecule has 5 atom stereocenters. The highest BCUT2D eigenvalue weighted by molar-refractivity contribution is 5.87. The van der Waals surface area contributed by atoms with Gasteiger partial charge in [-0.15, -0.1) is 0 Å². The van der Waals surface area contributed by atoms with E-state index in [1.807, 2.05) is 12.1 Å². The van der Waals surface area contributed by atoms with Crippen molar-refractivity contribution >= 4 is 5.78 Å². The molecule has 0 amide bonds. The van der Waals surface area contributed by atoms with Crippen LogP contribution in [0.2, 0.25) is 0 Å². The van der Waals surface area contributed by atoms with E-state index in [0.717, 1.165) is 57.3 Å². The molecule has 3 heteroatoms. The Morgan fingerprint density at radius 2 is 1.91 bits per heavy atom. The van der Waals surface area contributed by atoms with Gasteiger partial charge < -0.3 is 9.84 Å². The van der Waals surface area contributed by atoms with Crippen molar-refractivity contribution in [1.82, 2.24) is 0 Å². The highest BCUT2D eigenvalue weighted by Gasteiger charge is 2.58. The van der Waals surface area contributed by atoms with E-state index in [4.69, 9.17) is 4.74 Å². The van der Waals surface area contributed by atoms with Crippen LogP contribution in [0.25, 0.3) is 0 Å². The molecule has 2 fully saturated rings. The van der Waals surface area contributed by atoms with Gasteiger partial charge in [0.2, 0.25) is 0 Å². The van der Waals surface area contributed by atoms with E-state index in [0.29, 0.717) is 41.1 Å². The summed E-state index contributed by atoms with van der Waals surface area (Å²) in [4.78, 5) is 13.2. The van der Waals surface area contributed by atoms with Crippen molar-refractivity contribution in [3.8, 4) is 11.5 Å². The fraction of sp³-hybridized carbons (Fsp3) is 0.567. The van der Waals surface area contributed by atoms with Crippen LogP contribution in [0, 0.1) is 29.1 Å². The predicted molar refractivity (Wildman–Crippen MR) is 132 cm³/mol. The number of benzene rings is 2. The zero-order chi connectivity index (χ0) is 23.2. The Morgan fingerprint density at radius 3 is 2.67 bits per heavy atom. The lowest BCUT2D eigenvalue weighted by atomic mass is 9.54. The van der Waals surface area contributed by atoms with Gasteiger partial charge in [-0.3, -0.25) is 4.79 Å². The molecule has 2 aromatic carbocycles. The summed E-state index contributed by atoms with van der Waals surface area (Å²) in [5.74, 6) is 4.44. The number of phenolic OH excluding ortho intramolecular Hbond substituents is 1. The van der Waals surface area contributed by atoms with Crippen molar-refractivity contribution in [1.29, 1.82) is 0 Å². The number of fused-ring (bicyclic) bond motifs is 5. The first-order valence-corrected chi connectivity index (χ1v) is 12.9. The summed E-state index contributed by atoms with van der Waals surface area (Å²) in [6.45, 7) is 7.34. The number of carbonyl (C=O) groups excluding carboxylic acids is 1. The Labute approximate surface area is 198 Å². The molecule has 2 saturated carbocycles. The highest BCUT2D eigenvalue weighted by Crippen LogP contribution is 2.62. The zero-order valence-electron chi connectivity index (χ0n) is 20.3. The maximum Gasteiger partial charge on any atom is 0.139 e. The van der Waals surface area contributed by atoms with Gasteiger partial charge in [-0.25, -0.2) is 0 Å². The van der Waals surface area contributed by atoms with Crippen molar-refractivity contribution < 1.29 is 14.6 Å². The van der Waals surface area contributed by atoms with E-state index in [9.17, 15) is 9.90 Å². The normalized spacial score (nSPS) is 30.6. The summed E-state index contributed by atoms with van der Waals surface area (Å²) in [5.41, 5.74) is 3.95. The number of aromatic hydroxyl groups is 1. The van der Waals surface area contributed by atoms with Crippen LogP contribution < -0.4 is 4.74 Å². The summed E-state index contributed by atoms with van der Waals surface area (Å²) >= 11 is 0.